The lowest BCUT2D eigenvalue weighted by Crippen LogP contribution is -2.25. The number of rotatable bonds is 6. The zero-order valence-electron chi connectivity index (χ0n) is 16.3. The van der Waals surface area contributed by atoms with Crippen molar-refractivity contribution in [2.75, 3.05) is 31.6 Å². The average Bonchev–Trinajstić information content (AvgIpc) is 3.42. The highest BCUT2D eigenvalue weighted by atomic mass is 15.3. The Morgan fingerprint density at radius 2 is 2.00 bits per heavy atom. The fraction of sp³-hybridized carbons (Fsp3) is 0.650. The van der Waals surface area contributed by atoms with Gasteiger partial charge in [0.2, 0.25) is 0 Å². The van der Waals surface area contributed by atoms with Crippen molar-refractivity contribution in [2.45, 2.75) is 58.4 Å². The van der Waals surface area contributed by atoms with Gasteiger partial charge in [-0.05, 0) is 52.1 Å². The zero-order valence-corrected chi connectivity index (χ0v) is 16.3. The molecule has 0 amide bonds. The van der Waals surface area contributed by atoms with Crippen molar-refractivity contribution >= 4 is 5.82 Å². The van der Waals surface area contributed by atoms with Crippen LogP contribution >= 0.6 is 0 Å². The lowest BCUT2D eigenvalue weighted by Gasteiger charge is -2.23. The standard InChI is InChI=1S/C20H30N6/c1-14-13-15(2)26(24-14)12-4-11-25(3)20-17-7-9-21-10-8-18(17)22-19(23-20)16-5-6-16/h13,16,21H,4-12H2,1-3H3. The van der Waals surface area contributed by atoms with Gasteiger partial charge in [-0.3, -0.25) is 4.68 Å². The van der Waals surface area contributed by atoms with Gasteiger partial charge in [-0.25, -0.2) is 9.97 Å². The highest BCUT2D eigenvalue weighted by Crippen LogP contribution is 2.39. The number of aromatic nitrogens is 4. The number of nitrogens with zero attached hydrogens (tertiary/aromatic N) is 5. The molecule has 2 aliphatic rings. The van der Waals surface area contributed by atoms with Crippen molar-refractivity contribution in [3.63, 3.8) is 0 Å². The summed E-state index contributed by atoms with van der Waals surface area (Å²) in [6.07, 6.45) is 5.60. The number of hydrogen-bond acceptors (Lipinski definition) is 5. The van der Waals surface area contributed by atoms with Crippen molar-refractivity contribution in [1.82, 2.24) is 25.1 Å². The predicted molar refractivity (Wildman–Crippen MR) is 104 cm³/mol. The van der Waals surface area contributed by atoms with E-state index in [1.165, 1.54) is 29.8 Å². The van der Waals surface area contributed by atoms with Crippen LogP contribution in [0.2, 0.25) is 0 Å². The second-order valence-corrected chi connectivity index (χ2v) is 7.78. The second-order valence-electron chi connectivity index (χ2n) is 7.78. The summed E-state index contributed by atoms with van der Waals surface area (Å²) in [6.45, 7) is 8.16. The van der Waals surface area contributed by atoms with Crippen LogP contribution < -0.4 is 10.2 Å². The summed E-state index contributed by atoms with van der Waals surface area (Å²) in [7, 11) is 2.18. The van der Waals surface area contributed by atoms with Crippen LogP contribution in [-0.2, 0) is 19.4 Å². The lowest BCUT2D eigenvalue weighted by molar-refractivity contribution is 0.560. The predicted octanol–water partition coefficient (Wildman–Crippen LogP) is 2.38. The van der Waals surface area contributed by atoms with Gasteiger partial charge in [0, 0.05) is 50.3 Å². The molecule has 3 heterocycles. The van der Waals surface area contributed by atoms with E-state index in [1.54, 1.807) is 0 Å². The molecule has 0 bridgehead atoms. The van der Waals surface area contributed by atoms with Gasteiger partial charge in [0.1, 0.15) is 11.6 Å². The number of nitrogens with one attached hydrogen (secondary N) is 1. The molecule has 2 aromatic heterocycles. The zero-order chi connectivity index (χ0) is 18.1. The number of aryl methyl sites for hydroxylation is 3. The number of fused-ring (bicyclic) bond motifs is 1. The molecule has 26 heavy (non-hydrogen) atoms. The molecular weight excluding hydrogens is 324 g/mol. The smallest absolute Gasteiger partial charge is 0.135 e. The summed E-state index contributed by atoms with van der Waals surface area (Å²) in [6, 6.07) is 2.14. The Morgan fingerprint density at radius 1 is 1.19 bits per heavy atom. The van der Waals surface area contributed by atoms with E-state index in [0.717, 1.165) is 62.8 Å². The van der Waals surface area contributed by atoms with Crippen LogP contribution in [0.3, 0.4) is 0 Å². The Balaban J connectivity index is 1.50. The molecule has 0 unspecified atom stereocenters. The molecule has 1 aliphatic heterocycles. The molecule has 1 saturated carbocycles. The minimum atomic E-state index is 0.596. The maximum atomic E-state index is 5.00. The Kier molecular flexibility index (Phi) is 4.94. The molecule has 1 fully saturated rings. The first-order valence-electron chi connectivity index (χ1n) is 9.94. The Labute approximate surface area is 156 Å². The summed E-state index contributed by atoms with van der Waals surface area (Å²) >= 11 is 0. The Morgan fingerprint density at radius 3 is 2.73 bits per heavy atom. The van der Waals surface area contributed by atoms with Gasteiger partial charge in [0.05, 0.1) is 11.4 Å². The number of hydrogen-bond donors (Lipinski definition) is 1. The van der Waals surface area contributed by atoms with E-state index in [9.17, 15) is 0 Å². The largest absolute Gasteiger partial charge is 0.359 e. The topological polar surface area (TPSA) is 58.9 Å². The molecule has 0 spiro atoms. The average molecular weight is 355 g/mol. The van der Waals surface area contributed by atoms with Gasteiger partial charge >= 0.3 is 0 Å². The van der Waals surface area contributed by atoms with E-state index in [0.29, 0.717) is 5.92 Å². The number of anilines is 1. The summed E-state index contributed by atoms with van der Waals surface area (Å²) in [5.74, 6) is 2.83. The summed E-state index contributed by atoms with van der Waals surface area (Å²) in [5.41, 5.74) is 4.96. The third-order valence-electron chi connectivity index (χ3n) is 5.45. The van der Waals surface area contributed by atoms with Gasteiger partial charge < -0.3 is 10.2 Å². The van der Waals surface area contributed by atoms with Crippen LogP contribution in [0.1, 0.15) is 53.7 Å². The summed E-state index contributed by atoms with van der Waals surface area (Å²) in [4.78, 5) is 12.3. The molecule has 4 rings (SSSR count). The van der Waals surface area contributed by atoms with Gasteiger partial charge in [-0.1, -0.05) is 0 Å². The van der Waals surface area contributed by atoms with E-state index in [-0.39, 0.29) is 0 Å². The van der Waals surface area contributed by atoms with Crippen LogP contribution in [0.15, 0.2) is 6.07 Å². The molecule has 0 radical (unpaired) electrons. The van der Waals surface area contributed by atoms with E-state index < -0.39 is 0 Å². The first kappa shape index (κ1) is 17.5. The van der Waals surface area contributed by atoms with Crippen molar-refractivity contribution < 1.29 is 0 Å². The van der Waals surface area contributed by atoms with Gasteiger partial charge in [-0.15, -0.1) is 0 Å². The van der Waals surface area contributed by atoms with Gasteiger partial charge in [-0.2, -0.15) is 5.10 Å². The van der Waals surface area contributed by atoms with Crippen molar-refractivity contribution in [3.8, 4) is 0 Å². The second kappa shape index (κ2) is 7.35. The fourth-order valence-electron chi connectivity index (χ4n) is 3.85. The summed E-state index contributed by atoms with van der Waals surface area (Å²) < 4.78 is 2.11. The van der Waals surface area contributed by atoms with Gasteiger partial charge in [0.15, 0.2) is 0 Å². The first-order valence-corrected chi connectivity index (χ1v) is 9.94. The van der Waals surface area contributed by atoms with E-state index in [1.807, 2.05) is 0 Å². The van der Waals surface area contributed by atoms with Crippen molar-refractivity contribution in [2.24, 2.45) is 0 Å². The van der Waals surface area contributed by atoms with Crippen LogP contribution in [0.4, 0.5) is 5.82 Å². The minimum Gasteiger partial charge on any atom is -0.359 e. The van der Waals surface area contributed by atoms with Crippen molar-refractivity contribution in [1.29, 1.82) is 0 Å². The van der Waals surface area contributed by atoms with E-state index >= 15 is 0 Å². The van der Waals surface area contributed by atoms with Crippen molar-refractivity contribution in [3.05, 3.63) is 34.5 Å². The Hall–Kier alpha value is -1.95. The summed E-state index contributed by atoms with van der Waals surface area (Å²) in [5, 5.41) is 8.07. The molecule has 2 aromatic rings. The molecule has 0 aromatic carbocycles. The molecular formula is C20H30N6. The normalized spacial score (nSPS) is 17.0. The maximum Gasteiger partial charge on any atom is 0.135 e. The molecule has 0 saturated heterocycles. The minimum absolute atomic E-state index is 0.596. The van der Waals surface area contributed by atoms with E-state index in [2.05, 4.69) is 47.0 Å². The lowest BCUT2D eigenvalue weighted by atomic mass is 10.1. The molecule has 1 N–H and O–H groups in total. The quantitative estimate of drug-likeness (QED) is 0.863. The molecule has 6 nitrogen and oxygen atoms in total. The first-order chi connectivity index (χ1) is 12.6. The SMILES string of the molecule is Cc1cc(C)n(CCCN(C)c2nc(C3CC3)nc3c2CCNCC3)n1. The van der Waals surface area contributed by atoms with Gasteiger partial charge in [0.25, 0.3) is 0 Å². The highest BCUT2D eigenvalue weighted by molar-refractivity contribution is 5.50. The monoisotopic (exact) mass is 354 g/mol. The molecule has 1 aliphatic carbocycles. The maximum absolute atomic E-state index is 5.00. The van der Waals surface area contributed by atoms with Crippen LogP contribution in [-0.4, -0.2) is 46.4 Å². The van der Waals surface area contributed by atoms with Crippen LogP contribution in [0.25, 0.3) is 0 Å². The fourth-order valence-corrected chi connectivity index (χ4v) is 3.85. The molecule has 140 valence electrons. The highest BCUT2D eigenvalue weighted by Gasteiger charge is 2.29. The molecule has 6 heteroatoms. The van der Waals surface area contributed by atoms with E-state index in [4.69, 9.17) is 9.97 Å². The van der Waals surface area contributed by atoms with Crippen LogP contribution in [0.5, 0.6) is 0 Å². The molecule has 0 atom stereocenters. The van der Waals surface area contributed by atoms with Crippen LogP contribution in [0, 0.1) is 13.8 Å². The Bertz CT molecular complexity index is 777. The third kappa shape index (κ3) is 3.75. The third-order valence-corrected chi connectivity index (χ3v) is 5.45.